The third-order valence-electron chi connectivity index (χ3n) is 4.55. The maximum Gasteiger partial charge on any atom is 0.214 e. The molecule has 6 heteroatoms. The first-order chi connectivity index (χ1) is 14.2. The van der Waals surface area contributed by atoms with Crippen molar-refractivity contribution in [3.05, 3.63) is 90.0 Å². The zero-order valence-corrected chi connectivity index (χ0v) is 17.2. The molecule has 4 aromatic rings. The number of nitrogens with zero attached hydrogens (tertiary/aromatic N) is 4. The van der Waals surface area contributed by atoms with Gasteiger partial charge in [-0.15, -0.1) is 5.10 Å². The quantitative estimate of drug-likeness (QED) is 0.362. The average Bonchev–Trinajstić information content (AvgIpc) is 3.22. The van der Waals surface area contributed by atoms with E-state index in [1.165, 1.54) is 5.56 Å². The third kappa shape index (κ3) is 4.66. The molecule has 0 amide bonds. The Hall–Kier alpha value is -3.12. The van der Waals surface area contributed by atoms with Crippen LogP contribution in [0.25, 0.3) is 5.69 Å². The van der Waals surface area contributed by atoms with E-state index in [-0.39, 0.29) is 0 Å². The van der Waals surface area contributed by atoms with E-state index in [2.05, 4.69) is 59.7 Å². The van der Waals surface area contributed by atoms with Crippen LogP contribution >= 0.6 is 11.8 Å². The molecule has 0 atom stereocenters. The van der Waals surface area contributed by atoms with Crippen molar-refractivity contribution in [1.29, 1.82) is 0 Å². The maximum atomic E-state index is 6.06. The summed E-state index contributed by atoms with van der Waals surface area (Å²) in [5.74, 6) is 2.85. The molecule has 0 aliphatic rings. The topological polar surface area (TPSA) is 52.8 Å². The molecule has 0 radical (unpaired) electrons. The van der Waals surface area contributed by atoms with Crippen LogP contribution in [0, 0.1) is 0 Å². The van der Waals surface area contributed by atoms with E-state index in [9.17, 15) is 0 Å². The number of thioether (sulfide) groups is 1. The highest BCUT2D eigenvalue weighted by Gasteiger charge is 2.12. The maximum absolute atomic E-state index is 6.06. The third-order valence-corrected chi connectivity index (χ3v) is 5.51. The van der Waals surface area contributed by atoms with Gasteiger partial charge in [0, 0.05) is 11.3 Å². The van der Waals surface area contributed by atoms with Crippen LogP contribution in [0.1, 0.15) is 30.9 Å². The van der Waals surface area contributed by atoms with Crippen molar-refractivity contribution in [1.82, 2.24) is 20.2 Å². The molecule has 4 rings (SSSR count). The molecule has 1 aromatic heterocycles. The molecule has 0 N–H and O–H groups in total. The molecule has 0 aliphatic carbocycles. The standard InChI is InChI=1S/C23H22N4OS/c1-17(2)18-12-14-20(15-13-18)27-23(24-25-26-27)29-16-19-8-6-7-11-22(19)28-21-9-4-3-5-10-21/h3-15,17H,16H2,1-2H3. The van der Waals surface area contributed by atoms with Crippen molar-refractivity contribution in [3.8, 4) is 17.2 Å². The summed E-state index contributed by atoms with van der Waals surface area (Å²) in [4.78, 5) is 0. The van der Waals surface area contributed by atoms with E-state index in [4.69, 9.17) is 4.74 Å². The Morgan fingerprint density at radius 1 is 0.897 bits per heavy atom. The van der Waals surface area contributed by atoms with Gasteiger partial charge >= 0.3 is 0 Å². The number of para-hydroxylation sites is 2. The number of aromatic nitrogens is 4. The number of benzene rings is 3. The lowest BCUT2D eigenvalue weighted by Crippen LogP contribution is -2.00. The Balaban J connectivity index is 1.50. The molecule has 0 bridgehead atoms. The first kappa shape index (κ1) is 19.2. The van der Waals surface area contributed by atoms with Gasteiger partial charge in [0.05, 0.1) is 5.69 Å². The first-order valence-electron chi connectivity index (χ1n) is 9.53. The highest BCUT2D eigenvalue weighted by molar-refractivity contribution is 7.98. The van der Waals surface area contributed by atoms with Crippen molar-refractivity contribution in [2.75, 3.05) is 0 Å². The summed E-state index contributed by atoms with van der Waals surface area (Å²) in [6.45, 7) is 4.37. The van der Waals surface area contributed by atoms with E-state index in [1.807, 2.05) is 48.5 Å². The van der Waals surface area contributed by atoms with E-state index < -0.39 is 0 Å². The van der Waals surface area contributed by atoms with Gasteiger partial charge in [0.15, 0.2) is 0 Å². The van der Waals surface area contributed by atoms with Gasteiger partial charge < -0.3 is 4.74 Å². The van der Waals surface area contributed by atoms with E-state index >= 15 is 0 Å². The highest BCUT2D eigenvalue weighted by Crippen LogP contribution is 2.30. The van der Waals surface area contributed by atoms with E-state index in [1.54, 1.807) is 16.4 Å². The van der Waals surface area contributed by atoms with Gasteiger partial charge in [0.2, 0.25) is 5.16 Å². The summed E-state index contributed by atoms with van der Waals surface area (Å²) in [5, 5.41) is 13.0. The van der Waals surface area contributed by atoms with Crippen LogP contribution in [0.5, 0.6) is 11.5 Å². The molecule has 0 spiro atoms. The molecule has 5 nitrogen and oxygen atoms in total. The predicted molar refractivity (Wildman–Crippen MR) is 116 cm³/mol. The molecule has 0 fully saturated rings. The Morgan fingerprint density at radius 3 is 2.38 bits per heavy atom. The van der Waals surface area contributed by atoms with Crippen LogP contribution in [0.15, 0.2) is 84.0 Å². The lowest BCUT2D eigenvalue weighted by Gasteiger charge is -2.11. The van der Waals surface area contributed by atoms with Gasteiger partial charge in [0.1, 0.15) is 11.5 Å². The van der Waals surface area contributed by atoms with Crippen molar-refractivity contribution in [2.24, 2.45) is 0 Å². The smallest absolute Gasteiger partial charge is 0.214 e. The number of ether oxygens (including phenoxy) is 1. The monoisotopic (exact) mass is 402 g/mol. The molecule has 0 saturated heterocycles. The predicted octanol–water partition coefficient (Wildman–Crippen LogP) is 5.87. The molecule has 0 saturated carbocycles. The largest absolute Gasteiger partial charge is 0.457 e. The summed E-state index contributed by atoms with van der Waals surface area (Å²) in [5.41, 5.74) is 3.34. The van der Waals surface area contributed by atoms with E-state index in [0.717, 1.165) is 27.9 Å². The van der Waals surface area contributed by atoms with Crippen molar-refractivity contribution < 1.29 is 4.74 Å². The second-order valence-corrected chi connectivity index (χ2v) is 7.87. The average molecular weight is 403 g/mol. The second kappa shape index (κ2) is 8.92. The molecule has 29 heavy (non-hydrogen) atoms. The molecular weight excluding hydrogens is 380 g/mol. The molecule has 146 valence electrons. The lowest BCUT2D eigenvalue weighted by molar-refractivity contribution is 0.478. The Labute approximate surface area is 174 Å². The molecule has 1 heterocycles. The number of tetrazole rings is 1. The Kier molecular flexibility index (Phi) is 5.91. The van der Waals surface area contributed by atoms with Crippen LogP contribution in [0.2, 0.25) is 0 Å². The molecular formula is C23H22N4OS. The second-order valence-electron chi connectivity index (χ2n) is 6.93. The first-order valence-corrected chi connectivity index (χ1v) is 10.5. The van der Waals surface area contributed by atoms with Gasteiger partial charge in [-0.2, -0.15) is 4.68 Å². The zero-order valence-electron chi connectivity index (χ0n) is 16.4. The Bertz CT molecular complexity index is 1060. The van der Waals surface area contributed by atoms with Crippen LogP contribution in [0.3, 0.4) is 0 Å². The van der Waals surface area contributed by atoms with Crippen LogP contribution in [-0.2, 0) is 5.75 Å². The number of rotatable bonds is 7. The molecule has 3 aromatic carbocycles. The minimum absolute atomic E-state index is 0.493. The van der Waals surface area contributed by atoms with E-state index in [0.29, 0.717) is 11.7 Å². The lowest BCUT2D eigenvalue weighted by atomic mass is 10.0. The summed E-state index contributed by atoms with van der Waals surface area (Å²) in [6.07, 6.45) is 0. The minimum atomic E-state index is 0.493. The normalized spacial score (nSPS) is 11.0. The number of hydrogen-bond donors (Lipinski definition) is 0. The van der Waals surface area contributed by atoms with Crippen molar-refractivity contribution in [2.45, 2.75) is 30.7 Å². The van der Waals surface area contributed by atoms with Gasteiger partial charge in [-0.1, -0.05) is 74.1 Å². The summed E-state index contributed by atoms with van der Waals surface area (Å²) in [6, 6.07) is 26.2. The van der Waals surface area contributed by atoms with Gasteiger partial charge in [0.25, 0.3) is 0 Å². The molecule has 0 unspecified atom stereocenters. The fraction of sp³-hybridized carbons (Fsp3) is 0.174. The van der Waals surface area contributed by atoms with Crippen molar-refractivity contribution in [3.63, 3.8) is 0 Å². The zero-order chi connectivity index (χ0) is 20.1. The minimum Gasteiger partial charge on any atom is -0.457 e. The summed E-state index contributed by atoms with van der Waals surface area (Å²) < 4.78 is 7.83. The fourth-order valence-corrected chi connectivity index (χ4v) is 3.79. The van der Waals surface area contributed by atoms with Gasteiger partial charge in [-0.25, -0.2) is 0 Å². The fourth-order valence-electron chi connectivity index (χ4n) is 2.91. The highest BCUT2D eigenvalue weighted by atomic mass is 32.2. The van der Waals surface area contributed by atoms with Crippen LogP contribution in [-0.4, -0.2) is 20.2 Å². The van der Waals surface area contributed by atoms with Crippen LogP contribution in [0.4, 0.5) is 0 Å². The summed E-state index contributed by atoms with van der Waals surface area (Å²) >= 11 is 1.58. The Morgan fingerprint density at radius 2 is 1.62 bits per heavy atom. The van der Waals surface area contributed by atoms with Crippen LogP contribution < -0.4 is 4.74 Å². The summed E-state index contributed by atoms with van der Waals surface area (Å²) in [7, 11) is 0. The van der Waals surface area contributed by atoms with Gasteiger partial charge in [-0.05, 0) is 52.2 Å². The molecule has 0 aliphatic heterocycles. The van der Waals surface area contributed by atoms with Crippen molar-refractivity contribution >= 4 is 11.8 Å². The van der Waals surface area contributed by atoms with Gasteiger partial charge in [-0.3, -0.25) is 0 Å². The SMILES string of the molecule is CC(C)c1ccc(-n2nnnc2SCc2ccccc2Oc2ccccc2)cc1. The number of hydrogen-bond acceptors (Lipinski definition) is 5.